The lowest BCUT2D eigenvalue weighted by atomic mass is 9.85. The maximum atomic E-state index is 15.7. The molecule has 0 radical (unpaired) electrons. The quantitative estimate of drug-likeness (QED) is 0.194. The average molecular weight is 819 g/mol. The Morgan fingerprint density at radius 1 is 1.11 bits per heavy atom. The lowest BCUT2D eigenvalue weighted by Crippen LogP contribution is -2.47. The molecular formula is C36H33Cl2F4N9O5. The van der Waals surface area contributed by atoms with Gasteiger partial charge in [-0.1, -0.05) is 23.2 Å². The molecule has 2 aromatic carbocycles. The summed E-state index contributed by atoms with van der Waals surface area (Å²) in [6.07, 6.45) is -4.08. The van der Waals surface area contributed by atoms with Crippen LogP contribution in [-0.4, -0.2) is 83.0 Å². The molecule has 0 bridgehead atoms. The second kappa shape index (κ2) is 14.4. The van der Waals surface area contributed by atoms with Gasteiger partial charge < -0.3 is 29.5 Å². The van der Waals surface area contributed by atoms with Crippen molar-refractivity contribution in [2.75, 3.05) is 32.5 Å². The first-order valence-electron chi connectivity index (χ1n) is 17.2. The molecule has 2 aliphatic rings. The molecule has 14 nitrogen and oxygen atoms in total. The molecule has 2 aliphatic heterocycles. The van der Waals surface area contributed by atoms with Crippen LogP contribution in [0.2, 0.25) is 10.0 Å². The van der Waals surface area contributed by atoms with Gasteiger partial charge in [-0.05, 0) is 76.7 Å². The van der Waals surface area contributed by atoms with Crippen LogP contribution in [0, 0.1) is 12.7 Å². The van der Waals surface area contributed by atoms with E-state index in [1.165, 1.54) is 34.9 Å². The molecule has 1 fully saturated rings. The standard InChI is InChI=1S/C36H33Cl2F4N9O5/c1-17-30(53)28(44-16-43-17)33(55)49-9-7-35(8-10-49)27-29(18(2)56-35)50(15-26(52)45-25-6-5-20(12-23(25)38)36(40,41)42)34-46-31(47-51(34)32(27)54)21-13-22(37)19(11-24(21)39)14-48(3)4/h5-6,11-13,16,18,53H,7-10,14-15H2,1-4H3,(H,45,52)/t18-/m0/s1. The number of rotatable bonds is 7. The molecule has 3 aromatic heterocycles. The number of carbonyl (C=O) groups excluding carboxylic acids is 2. The number of aromatic nitrogens is 6. The Kier molecular flexibility index (Phi) is 10.0. The highest BCUT2D eigenvalue weighted by molar-refractivity contribution is 6.33. The topological polar surface area (TPSA) is 160 Å². The number of carbonyl (C=O) groups is 2. The van der Waals surface area contributed by atoms with Crippen LogP contribution in [0.1, 0.15) is 64.4 Å². The molecule has 0 aliphatic carbocycles. The molecule has 20 heteroatoms. The van der Waals surface area contributed by atoms with Crippen LogP contribution in [0.3, 0.4) is 0 Å². The first-order valence-corrected chi connectivity index (χ1v) is 18.0. The molecule has 2 amide bonds. The van der Waals surface area contributed by atoms with Gasteiger partial charge in [0.15, 0.2) is 17.3 Å². The molecule has 5 aromatic rings. The molecule has 56 heavy (non-hydrogen) atoms. The summed E-state index contributed by atoms with van der Waals surface area (Å²) in [5, 5.41) is 17.2. The molecule has 294 valence electrons. The number of nitrogens with zero attached hydrogens (tertiary/aromatic N) is 8. The Hall–Kier alpha value is -5.17. The molecule has 1 saturated heterocycles. The van der Waals surface area contributed by atoms with Crippen molar-refractivity contribution in [3.8, 4) is 17.1 Å². The van der Waals surface area contributed by atoms with Crippen LogP contribution < -0.4 is 10.9 Å². The van der Waals surface area contributed by atoms with Crippen molar-refractivity contribution in [2.45, 2.75) is 57.7 Å². The van der Waals surface area contributed by atoms with E-state index in [-0.39, 0.29) is 87.2 Å². The van der Waals surface area contributed by atoms with E-state index in [9.17, 15) is 32.7 Å². The highest BCUT2D eigenvalue weighted by Crippen LogP contribution is 2.48. The summed E-state index contributed by atoms with van der Waals surface area (Å²) in [6.45, 7) is 3.17. The molecular weight excluding hydrogens is 785 g/mol. The van der Waals surface area contributed by atoms with E-state index >= 15 is 4.39 Å². The number of aromatic hydroxyl groups is 1. The monoisotopic (exact) mass is 817 g/mol. The summed E-state index contributed by atoms with van der Waals surface area (Å²) in [7, 11) is 3.59. The van der Waals surface area contributed by atoms with Gasteiger partial charge in [0.25, 0.3) is 11.5 Å². The minimum absolute atomic E-state index is 0.0868. The zero-order chi connectivity index (χ0) is 40.4. The fourth-order valence-corrected chi connectivity index (χ4v) is 7.66. The van der Waals surface area contributed by atoms with Crippen molar-refractivity contribution in [2.24, 2.45) is 0 Å². The van der Waals surface area contributed by atoms with Crippen molar-refractivity contribution >= 4 is 46.5 Å². The van der Waals surface area contributed by atoms with Crippen LogP contribution in [0.5, 0.6) is 5.75 Å². The predicted octanol–water partition coefficient (Wildman–Crippen LogP) is 5.75. The van der Waals surface area contributed by atoms with Crippen LogP contribution in [-0.2, 0) is 34.4 Å². The van der Waals surface area contributed by atoms with E-state index in [1.54, 1.807) is 25.9 Å². The molecule has 1 atom stereocenters. The number of alkyl halides is 3. The third kappa shape index (κ3) is 6.94. The van der Waals surface area contributed by atoms with Crippen LogP contribution in [0.4, 0.5) is 23.2 Å². The van der Waals surface area contributed by atoms with Crippen LogP contribution in [0.25, 0.3) is 17.2 Å². The summed E-state index contributed by atoms with van der Waals surface area (Å²) in [6, 6.07) is 5.08. The maximum absolute atomic E-state index is 15.7. The Morgan fingerprint density at radius 2 is 1.82 bits per heavy atom. The average Bonchev–Trinajstić information content (AvgIpc) is 3.69. The molecule has 7 rings (SSSR count). The van der Waals surface area contributed by atoms with E-state index in [1.807, 2.05) is 0 Å². The third-order valence-corrected chi connectivity index (χ3v) is 10.5. The van der Waals surface area contributed by atoms with E-state index < -0.39 is 53.2 Å². The fourth-order valence-electron chi connectivity index (χ4n) is 7.21. The number of piperidine rings is 1. The fraction of sp³-hybridized carbons (Fsp3) is 0.361. The normalized spacial score (nSPS) is 16.6. The molecule has 0 unspecified atom stereocenters. The highest BCUT2D eigenvalue weighted by Gasteiger charge is 2.51. The van der Waals surface area contributed by atoms with Gasteiger partial charge in [-0.15, -0.1) is 5.10 Å². The number of nitrogens with one attached hydrogen (secondary N) is 1. The second-order valence-corrected chi connectivity index (χ2v) is 14.7. The predicted molar refractivity (Wildman–Crippen MR) is 195 cm³/mol. The SMILES string of the molecule is Cc1ncnc(C(=O)N2CCC3(CC2)O[C@@H](C)c2c3c(=O)n3nc(-c4cc(Cl)c(CN(C)C)cc4F)nc3n2CC(=O)Nc2ccc(C(F)(F)F)cc2Cl)c1O. The molecule has 5 heterocycles. The van der Waals surface area contributed by atoms with Gasteiger partial charge >= 0.3 is 6.18 Å². The van der Waals surface area contributed by atoms with Crippen molar-refractivity contribution in [3.63, 3.8) is 0 Å². The number of amides is 2. The van der Waals surface area contributed by atoms with Gasteiger partial charge in [0, 0.05) is 24.7 Å². The van der Waals surface area contributed by atoms with Gasteiger partial charge in [0.2, 0.25) is 11.7 Å². The minimum atomic E-state index is -4.66. The van der Waals surface area contributed by atoms with Gasteiger partial charge in [0.05, 0.1) is 44.9 Å². The number of hydrogen-bond donors (Lipinski definition) is 2. The Bertz CT molecular complexity index is 2480. The minimum Gasteiger partial charge on any atom is -0.504 e. The summed E-state index contributed by atoms with van der Waals surface area (Å²) in [5.41, 5.74) is -2.18. The lowest BCUT2D eigenvalue weighted by molar-refractivity contribution is -0.137. The number of anilines is 1. The van der Waals surface area contributed by atoms with Gasteiger partial charge in [-0.2, -0.15) is 22.7 Å². The summed E-state index contributed by atoms with van der Waals surface area (Å²) < 4.78 is 64.4. The molecule has 1 spiro atoms. The summed E-state index contributed by atoms with van der Waals surface area (Å²) in [4.78, 5) is 57.2. The van der Waals surface area contributed by atoms with E-state index in [4.69, 9.17) is 27.9 Å². The molecule has 2 N–H and O–H groups in total. The largest absolute Gasteiger partial charge is 0.504 e. The Labute approximate surface area is 325 Å². The summed E-state index contributed by atoms with van der Waals surface area (Å²) >= 11 is 12.7. The molecule has 0 saturated carbocycles. The number of fused-ring (bicyclic) bond motifs is 3. The van der Waals surface area contributed by atoms with Crippen LogP contribution in [0.15, 0.2) is 41.5 Å². The van der Waals surface area contributed by atoms with E-state index in [2.05, 4.69) is 25.4 Å². The van der Waals surface area contributed by atoms with E-state index in [0.29, 0.717) is 18.2 Å². The summed E-state index contributed by atoms with van der Waals surface area (Å²) in [5.74, 6) is -2.70. The number of likely N-dealkylation sites (tertiary alicyclic amines) is 1. The number of ether oxygens (including phenoxy) is 1. The van der Waals surface area contributed by atoms with Crippen molar-refractivity contribution < 1.29 is 37.0 Å². The Balaban J connectivity index is 1.31. The van der Waals surface area contributed by atoms with Gasteiger partial charge in [-0.25, -0.2) is 14.4 Å². The highest BCUT2D eigenvalue weighted by atomic mass is 35.5. The second-order valence-electron chi connectivity index (χ2n) is 13.9. The number of halogens is 6. The van der Waals surface area contributed by atoms with Crippen molar-refractivity contribution in [1.82, 2.24) is 38.9 Å². The zero-order valence-electron chi connectivity index (χ0n) is 30.2. The van der Waals surface area contributed by atoms with Gasteiger partial charge in [0.1, 0.15) is 24.3 Å². The maximum Gasteiger partial charge on any atom is 0.416 e. The Morgan fingerprint density at radius 3 is 2.48 bits per heavy atom. The number of aryl methyl sites for hydroxylation is 1. The third-order valence-electron chi connectivity index (χ3n) is 9.83. The zero-order valence-corrected chi connectivity index (χ0v) is 31.7. The number of hydrogen-bond acceptors (Lipinski definition) is 10. The smallest absolute Gasteiger partial charge is 0.416 e. The van der Waals surface area contributed by atoms with Crippen molar-refractivity contribution in [3.05, 3.63) is 96.6 Å². The van der Waals surface area contributed by atoms with E-state index in [0.717, 1.165) is 16.6 Å². The van der Waals surface area contributed by atoms with Crippen molar-refractivity contribution in [1.29, 1.82) is 0 Å². The first-order chi connectivity index (χ1) is 26.4. The van der Waals surface area contributed by atoms with Crippen LogP contribution >= 0.6 is 23.2 Å². The number of benzene rings is 2. The van der Waals surface area contributed by atoms with Gasteiger partial charge in [-0.3, -0.25) is 14.4 Å². The first kappa shape index (κ1) is 39.1. The lowest BCUT2D eigenvalue weighted by Gasteiger charge is -2.39.